The van der Waals surface area contributed by atoms with Crippen LogP contribution in [0.3, 0.4) is 0 Å². The summed E-state index contributed by atoms with van der Waals surface area (Å²) < 4.78 is 7.54. The fourth-order valence-electron chi connectivity index (χ4n) is 3.08. The monoisotopic (exact) mass is 336 g/mol. The maximum Gasteiger partial charge on any atom is 0.222 e. The fourth-order valence-corrected chi connectivity index (χ4v) is 3.08. The van der Waals surface area contributed by atoms with E-state index in [1.54, 1.807) is 10.7 Å². The van der Waals surface area contributed by atoms with Gasteiger partial charge in [0.2, 0.25) is 5.91 Å². The second-order valence-electron chi connectivity index (χ2n) is 6.16. The molecule has 3 heterocycles. The van der Waals surface area contributed by atoms with Crippen LogP contribution in [0, 0.1) is 0 Å². The number of amides is 1. The van der Waals surface area contributed by atoms with E-state index in [-0.39, 0.29) is 5.91 Å². The maximum absolute atomic E-state index is 11.5. The summed E-state index contributed by atoms with van der Waals surface area (Å²) in [6, 6.07) is 11.8. The van der Waals surface area contributed by atoms with Crippen molar-refractivity contribution in [2.75, 3.05) is 19.7 Å². The Morgan fingerprint density at radius 3 is 2.80 bits per heavy atom. The molecule has 128 valence electrons. The lowest BCUT2D eigenvalue weighted by Gasteiger charge is -2.15. The molecular formula is C19H20N4O2. The third-order valence-corrected chi connectivity index (χ3v) is 4.42. The Bertz CT molecular complexity index is 873. The van der Waals surface area contributed by atoms with E-state index < -0.39 is 0 Å². The highest BCUT2D eigenvalue weighted by molar-refractivity contribution is 5.78. The average molecular weight is 336 g/mol. The molecule has 0 bridgehead atoms. The van der Waals surface area contributed by atoms with E-state index in [0.29, 0.717) is 13.0 Å². The number of carbonyl (C=O) groups is 1. The zero-order valence-corrected chi connectivity index (χ0v) is 14.0. The zero-order chi connectivity index (χ0) is 17.1. The Hall–Kier alpha value is -2.89. The highest BCUT2D eigenvalue weighted by atomic mass is 16.5. The van der Waals surface area contributed by atoms with Crippen LogP contribution in [0.1, 0.15) is 19.3 Å². The van der Waals surface area contributed by atoms with Crippen LogP contribution in [0.2, 0.25) is 0 Å². The van der Waals surface area contributed by atoms with Gasteiger partial charge in [-0.3, -0.25) is 4.79 Å². The van der Waals surface area contributed by atoms with Crippen LogP contribution >= 0.6 is 0 Å². The molecule has 1 aliphatic heterocycles. The van der Waals surface area contributed by atoms with Crippen LogP contribution in [-0.2, 0) is 4.79 Å². The summed E-state index contributed by atoms with van der Waals surface area (Å²) in [7, 11) is 0. The minimum absolute atomic E-state index is 0.270. The van der Waals surface area contributed by atoms with Crippen molar-refractivity contribution < 1.29 is 9.53 Å². The van der Waals surface area contributed by atoms with E-state index in [4.69, 9.17) is 4.74 Å². The molecule has 0 saturated carbocycles. The van der Waals surface area contributed by atoms with Gasteiger partial charge in [-0.05, 0) is 49.2 Å². The molecule has 1 amide bonds. The number of carbonyl (C=O) groups excluding carboxylic acids is 1. The Morgan fingerprint density at radius 1 is 1.12 bits per heavy atom. The van der Waals surface area contributed by atoms with Crippen molar-refractivity contribution in [2.45, 2.75) is 19.3 Å². The van der Waals surface area contributed by atoms with Crippen molar-refractivity contribution in [3.8, 4) is 17.0 Å². The summed E-state index contributed by atoms with van der Waals surface area (Å²) in [5.41, 5.74) is 2.76. The van der Waals surface area contributed by atoms with Crippen molar-refractivity contribution in [2.24, 2.45) is 0 Å². The van der Waals surface area contributed by atoms with Crippen molar-refractivity contribution in [1.82, 2.24) is 19.5 Å². The second-order valence-corrected chi connectivity index (χ2v) is 6.16. The van der Waals surface area contributed by atoms with Crippen LogP contribution in [0.25, 0.3) is 16.9 Å². The zero-order valence-electron chi connectivity index (χ0n) is 14.0. The summed E-state index contributed by atoms with van der Waals surface area (Å²) in [6.07, 6.45) is 6.10. The van der Waals surface area contributed by atoms with Gasteiger partial charge in [-0.25, -0.2) is 9.50 Å². The van der Waals surface area contributed by atoms with Gasteiger partial charge < -0.3 is 9.64 Å². The molecule has 1 aromatic carbocycles. The normalized spacial score (nSPS) is 14.4. The SMILES string of the molecule is O=C1CCCN1CCCOc1ccc(-c2ccc3nccn3n2)cc1. The van der Waals surface area contributed by atoms with E-state index in [2.05, 4.69) is 10.1 Å². The smallest absolute Gasteiger partial charge is 0.222 e. The van der Waals surface area contributed by atoms with Gasteiger partial charge in [0.05, 0.1) is 12.3 Å². The van der Waals surface area contributed by atoms with Gasteiger partial charge in [-0.2, -0.15) is 5.10 Å². The molecule has 0 radical (unpaired) electrons. The molecule has 1 fully saturated rings. The lowest BCUT2D eigenvalue weighted by atomic mass is 10.1. The lowest BCUT2D eigenvalue weighted by Crippen LogP contribution is -2.26. The Kier molecular flexibility index (Phi) is 4.33. The first-order chi connectivity index (χ1) is 12.3. The summed E-state index contributed by atoms with van der Waals surface area (Å²) in [4.78, 5) is 17.7. The van der Waals surface area contributed by atoms with E-state index in [0.717, 1.165) is 48.6 Å². The van der Waals surface area contributed by atoms with Crippen molar-refractivity contribution in [3.05, 3.63) is 48.8 Å². The first-order valence-electron chi connectivity index (χ1n) is 8.61. The van der Waals surface area contributed by atoms with E-state index in [1.165, 1.54) is 0 Å². The molecular weight excluding hydrogens is 316 g/mol. The number of hydrogen-bond acceptors (Lipinski definition) is 4. The van der Waals surface area contributed by atoms with Gasteiger partial charge in [0, 0.05) is 37.5 Å². The molecule has 4 rings (SSSR count). The summed E-state index contributed by atoms with van der Waals surface area (Å²) in [6.45, 7) is 2.29. The molecule has 6 heteroatoms. The molecule has 3 aromatic rings. The molecule has 25 heavy (non-hydrogen) atoms. The standard InChI is InChI=1S/C19H20N4O2/c24-19-3-1-11-22(19)12-2-14-25-16-6-4-15(5-7-16)17-8-9-18-20-10-13-23(18)21-17/h4-10,13H,1-3,11-12,14H2. The molecule has 1 saturated heterocycles. The third kappa shape index (κ3) is 3.47. The molecule has 2 aromatic heterocycles. The maximum atomic E-state index is 11.5. The summed E-state index contributed by atoms with van der Waals surface area (Å²) in [5, 5.41) is 4.54. The Labute approximate surface area is 146 Å². The number of imidazole rings is 1. The average Bonchev–Trinajstić information content (AvgIpc) is 3.27. The van der Waals surface area contributed by atoms with Crippen LogP contribution in [-0.4, -0.2) is 45.1 Å². The number of fused-ring (bicyclic) bond motifs is 1. The van der Waals surface area contributed by atoms with Crippen molar-refractivity contribution in [1.29, 1.82) is 0 Å². The number of benzene rings is 1. The fraction of sp³-hybridized carbons (Fsp3) is 0.316. The Balaban J connectivity index is 1.32. The Morgan fingerprint density at radius 2 is 2.00 bits per heavy atom. The van der Waals surface area contributed by atoms with Crippen LogP contribution in [0.4, 0.5) is 0 Å². The summed E-state index contributed by atoms with van der Waals surface area (Å²) >= 11 is 0. The van der Waals surface area contributed by atoms with Crippen molar-refractivity contribution >= 4 is 11.6 Å². The second kappa shape index (κ2) is 6.93. The quantitative estimate of drug-likeness (QED) is 0.650. The van der Waals surface area contributed by atoms with E-state index >= 15 is 0 Å². The van der Waals surface area contributed by atoms with Gasteiger partial charge in [-0.1, -0.05) is 0 Å². The molecule has 0 N–H and O–H groups in total. The van der Waals surface area contributed by atoms with Crippen molar-refractivity contribution in [3.63, 3.8) is 0 Å². The number of aromatic nitrogens is 3. The number of ether oxygens (including phenoxy) is 1. The van der Waals surface area contributed by atoms with E-state index in [1.807, 2.05) is 47.5 Å². The molecule has 0 aliphatic carbocycles. The molecule has 6 nitrogen and oxygen atoms in total. The molecule has 0 spiro atoms. The number of likely N-dealkylation sites (tertiary alicyclic amines) is 1. The highest BCUT2D eigenvalue weighted by Crippen LogP contribution is 2.21. The third-order valence-electron chi connectivity index (χ3n) is 4.42. The molecule has 0 atom stereocenters. The van der Waals surface area contributed by atoms with Crippen LogP contribution < -0.4 is 4.74 Å². The topological polar surface area (TPSA) is 59.7 Å². The van der Waals surface area contributed by atoms with Gasteiger partial charge in [0.1, 0.15) is 5.75 Å². The van der Waals surface area contributed by atoms with E-state index in [9.17, 15) is 4.79 Å². The predicted octanol–water partition coefficient (Wildman–Crippen LogP) is 2.79. The van der Waals surface area contributed by atoms with Crippen LogP contribution in [0.5, 0.6) is 5.75 Å². The lowest BCUT2D eigenvalue weighted by molar-refractivity contribution is -0.127. The number of hydrogen-bond donors (Lipinski definition) is 0. The first-order valence-corrected chi connectivity index (χ1v) is 8.61. The van der Waals surface area contributed by atoms with Gasteiger partial charge >= 0.3 is 0 Å². The van der Waals surface area contributed by atoms with Gasteiger partial charge in [0.25, 0.3) is 0 Å². The minimum atomic E-state index is 0.270. The molecule has 1 aliphatic rings. The molecule has 0 unspecified atom stereocenters. The number of nitrogens with zero attached hydrogens (tertiary/aromatic N) is 4. The van der Waals surface area contributed by atoms with Gasteiger partial charge in [-0.15, -0.1) is 0 Å². The number of rotatable bonds is 6. The van der Waals surface area contributed by atoms with Gasteiger partial charge in [0.15, 0.2) is 5.65 Å². The summed E-state index contributed by atoms with van der Waals surface area (Å²) in [5.74, 6) is 1.10. The first kappa shape index (κ1) is 15.6. The van der Waals surface area contributed by atoms with Crippen LogP contribution in [0.15, 0.2) is 48.8 Å². The highest BCUT2D eigenvalue weighted by Gasteiger charge is 2.18. The largest absolute Gasteiger partial charge is 0.494 e. The predicted molar refractivity (Wildman–Crippen MR) is 94.3 cm³/mol. The minimum Gasteiger partial charge on any atom is -0.494 e.